The lowest BCUT2D eigenvalue weighted by Crippen LogP contribution is -2.33. The van der Waals surface area contributed by atoms with Crippen LogP contribution in [0.25, 0.3) is 0 Å². The van der Waals surface area contributed by atoms with Crippen molar-refractivity contribution in [1.29, 1.82) is 0 Å². The normalized spacial score (nSPS) is 24.4. The zero-order valence-corrected chi connectivity index (χ0v) is 9.21. The van der Waals surface area contributed by atoms with Gasteiger partial charge in [0, 0.05) is 6.92 Å². The van der Waals surface area contributed by atoms with Crippen LogP contribution in [0.1, 0.15) is 25.5 Å². The number of benzene rings is 1. The fourth-order valence-corrected chi connectivity index (χ4v) is 2.00. The molecule has 1 aliphatic heterocycles. The minimum Gasteiger partial charge on any atom is -0.443 e. The Bertz CT molecular complexity index is 416. The van der Waals surface area contributed by atoms with E-state index >= 15 is 0 Å². The van der Waals surface area contributed by atoms with E-state index in [1.807, 2.05) is 30.3 Å². The average Bonchev–Trinajstić information content (AvgIpc) is 2.55. The Balaban J connectivity index is 2.38. The summed E-state index contributed by atoms with van der Waals surface area (Å²) in [4.78, 5) is 24.1. The van der Waals surface area contributed by atoms with Crippen molar-refractivity contribution in [1.82, 2.24) is 4.90 Å². The van der Waals surface area contributed by atoms with Crippen molar-refractivity contribution in [2.45, 2.75) is 26.0 Å². The molecule has 2 amide bonds. The molecule has 2 rings (SSSR count). The second-order valence-electron chi connectivity index (χ2n) is 3.83. The van der Waals surface area contributed by atoms with Crippen LogP contribution in [0.5, 0.6) is 0 Å². The number of hydrogen-bond donors (Lipinski definition) is 0. The van der Waals surface area contributed by atoms with E-state index in [1.54, 1.807) is 6.92 Å². The molecule has 0 unspecified atom stereocenters. The van der Waals surface area contributed by atoms with Crippen LogP contribution in [0, 0.1) is 0 Å². The van der Waals surface area contributed by atoms with Crippen molar-refractivity contribution in [2.75, 3.05) is 0 Å². The molecular weight excluding hydrogens is 206 g/mol. The van der Waals surface area contributed by atoms with E-state index < -0.39 is 6.09 Å². The zero-order valence-electron chi connectivity index (χ0n) is 9.21. The van der Waals surface area contributed by atoms with Crippen molar-refractivity contribution in [3.05, 3.63) is 35.9 Å². The van der Waals surface area contributed by atoms with Gasteiger partial charge in [-0.1, -0.05) is 30.3 Å². The van der Waals surface area contributed by atoms with Gasteiger partial charge in [-0.05, 0) is 12.5 Å². The maximum absolute atomic E-state index is 11.5. The Hall–Kier alpha value is -1.84. The van der Waals surface area contributed by atoms with Crippen LogP contribution >= 0.6 is 0 Å². The lowest BCUT2D eigenvalue weighted by molar-refractivity contribution is -0.127. The number of rotatable bonds is 1. The van der Waals surface area contributed by atoms with Gasteiger partial charge in [0.05, 0.1) is 0 Å². The van der Waals surface area contributed by atoms with E-state index in [0.29, 0.717) is 0 Å². The van der Waals surface area contributed by atoms with Gasteiger partial charge in [0.2, 0.25) is 5.91 Å². The molecule has 0 spiro atoms. The molecule has 1 aliphatic rings. The second-order valence-corrected chi connectivity index (χ2v) is 3.83. The molecule has 84 valence electrons. The Labute approximate surface area is 93.8 Å². The average molecular weight is 219 g/mol. The Morgan fingerprint density at radius 2 is 1.94 bits per heavy atom. The van der Waals surface area contributed by atoms with E-state index in [2.05, 4.69) is 0 Å². The second kappa shape index (κ2) is 3.96. The van der Waals surface area contributed by atoms with Crippen molar-refractivity contribution >= 4 is 12.0 Å². The smallest absolute Gasteiger partial charge is 0.417 e. The molecule has 1 heterocycles. The molecule has 0 radical (unpaired) electrons. The third kappa shape index (κ3) is 1.66. The van der Waals surface area contributed by atoms with Gasteiger partial charge < -0.3 is 4.74 Å². The third-order valence-electron chi connectivity index (χ3n) is 2.69. The van der Waals surface area contributed by atoms with E-state index in [0.717, 1.165) is 5.56 Å². The highest BCUT2D eigenvalue weighted by Gasteiger charge is 2.42. The molecule has 16 heavy (non-hydrogen) atoms. The van der Waals surface area contributed by atoms with E-state index in [4.69, 9.17) is 4.74 Å². The number of nitrogens with zero attached hydrogens (tertiary/aromatic N) is 1. The first-order chi connectivity index (χ1) is 7.61. The largest absolute Gasteiger partial charge is 0.443 e. The number of carbonyl (C=O) groups excluding carboxylic acids is 2. The fraction of sp³-hybridized carbons (Fsp3) is 0.333. The van der Waals surface area contributed by atoms with Gasteiger partial charge in [-0.3, -0.25) is 4.79 Å². The van der Waals surface area contributed by atoms with Gasteiger partial charge in [-0.15, -0.1) is 0 Å². The number of hydrogen-bond acceptors (Lipinski definition) is 3. The third-order valence-corrected chi connectivity index (χ3v) is 2.69. The van der Waals surface area contributed by atoms with Crippen LogP contribution in [0.2, 0.25) is 0 Å². The summed E-state index contributed by atoms with van der Waals surface area (Å²) in [6, 6.07) is 9.11. The van der Waals surface area contributed by atoms with Crippen LogP contribution in [-0.2, 0) is 9.53 Å². The van der Waals surface area contributed by atoms with Gasteiger partial charge >= 0.3 is 6.09 Å². The number of cyclic esters (lactones) is 1. The van der Waals surface area contributed by atoms with Gasteiger partial charge in [-0.25, -0.2) is 9.69 Å². The predicted octanol–water partition coefficient (Wildman–Crippen LogP) is 2.11. The molecule has 0 N–H and O–H groups in total. The van der Waals surface area contributed by atoms with Crippen LogP contribution < -0.4 is 0 Å². The summed E-state index contributed by atoms with van der Waals surface area (Å²) in [5, 5.41) is 0. The number of ether oxygens (including phenoxy) is 1. The lowest BCUT2D eigenvalue weighted by atomic mass is 10.0. The minimum absolute atomic E-state index is 0.289. The molecular formula is C12H13NO3. The van der Waals surface area contributed by atoms with Gasteiger partial charge in [0.1, 0.15) is 12.1 Å². The van der Waals surface area contributed by atoms with Gasteiger partial charge in [0.25, 0.3) is 0 Å². The summed E-state index contributed by atoms with van der Waals surface area (Å²) in [7, 11) is 0. The molecule has 4 nitrogen and oxygen atoms in total. The van der Waals surface area contributed by atoms with Crippen LogP contribution in [-0.4, -0.2) is 23.0 Å². The predicted molar refractivity (Wildman–Crippen MR) is 57.6 cm³/mol. The molecule has 1 aromatic carbocycles. The molecule has 1 aromatic rings. The highest BCUT2D eigenvalue weighted by Crippen LogP contribution is 2.32. The molecule has 1 saturated heterocycles. The first kappa shape index (κ1) is 10.7. The topological polar surface area (TPSA) is 46.6 Å². The molecule has 0 bridgehead atoms. The van der Waals surface area contributed by atoms with E-state index in [-0.39, 0.29) is 18.1 Å². The zero-order chi connectivity index (χ0) is 11.7. The van der Waals surface area contributed by atoms with E-state index in [9.17, 15) is 9.59 Å². The number of carbonyl (C=O) groups is 2. The first-order valence-corrected chi connectivity index (χ1v) is 5.16. The summed E-state index contributed by atoms with van der Waals surface area (Å²) in [6.45, 7) is 3.16. The van der Waals surface area contributed by atoms with E-state index in [1.165, 1.54) is 11.8 Å². The fourth-order valence-electron chi connectivity index (χ4n) is 2.00. The number of imide groups is 1. The highest BCUT2D eigenvalue weighted by atomic mass is 16.6. The maximum atomic E-state index is 11.5. The summed E-state index contributed by atoms with van der Waals surface area (Å²) in [5.74, 6) is -0.289. The van der Waals surface area contributed by atoms with Crippen molar-refractivity contribution in [3.8, 4) is 0 Å². The Morgan fingerprint density at radius 3 is 2.50 bits per heavy atom. The summed E-state index contributed by atoms with van der Waals surface area (Å²) < 4.78 is 5.07. The molecule has 2 atom stereocenters. The van der Waals surface area contributed by atoms with Crippen LogP contribution in [0.3, 0.4) is 0 Å². The minimum atomic E-state index is -0.561. The maximum Gasteiger partial charge on any atom is 0.417 e. The summed E-state index contributed by atoms with van der Waals surface area (Å²) in [6.07, 6.45) is -0.868. The molecule has 4 heteroatoms. The van der Waals surface area contributed by atoms with Crippen molar-refractivity contribution in [3.63, 3.8) is 0 Å². The standard InChI is InChI=1S/C12H13NO3/c1-8-11(10-6-4-3-5-7-10)13(9(2)14)12(15)16-8/h3-8,11H,1-2H3/t8-,11-/m0/s1. The SMILES string of the molecule is CC(=O)N1C(=O)O[C@@H](C)[C@H]1c1ccccc1. The number of amides is 2. The van der Waals surface area contributed by atoms with Crippen LogP contribution in [0.4, 0.5) is 4.79 Å². The van der Waals surface area contributed by atoms with Crippen molar-refractivity contribution in [2.24, 2.45) is 0 Å². The quantitative estimate of drug-likeness (QED) is 0.726. The summed E-state index contributed by atoms with van der Waals surface area (Å²) in [5.41, 5.74) is 0.913. The molecule has 0 aliphatic carbocycles. The van der Waals surface area contributed by atoms with Gasteiger partial charge in [0.15, 0.2) is 0 Å². The molecule has 0 saturated carbocycles. The molecule has 0 aromatic heterocycles. The monoisotopic (exact) mass is 219 g/mol. The highest BCUT2D eigenvalue weighted by molar-refractivity contribution is 5.92. The Kier molecular flexibility index (Phi) is 2.64. The summed E-state index contributed by atoms with van der Waals surface area (Å²) >= 11 is 0. The van der Waals surface area contributed by atoms with Crippen LogP contribution in [0.15, 0.2) is 30.3 Å². The van der Waals surface area contributed by atoms with Gasteiger partial charge in [-0.2, -0.15) is 0 Å². The first-order valence-electron chi connectivity index (χ1n) is 5.16. The Morgan fingerprint density at radius 1 is 1.31 bits per heavy atom. The molecule has 1 fully saturated rings. The van der Waals surface area contributed by atoms with Crippen molar-refractivity contribution < 1.29 is 14.3 Å². The lowest BCUT2D eigenvalue weighted by Gasteiger charge is -2.20.